The molecule has 1 aliphatic carbocycles. The molecule has 1 amide bonds. The number of carbonyl (C=O) groups is 2. The Morgan fingerprint density at radius 2 is 1.92 bits per heavy atom. The Morgan fingerprint density at radius 1 is 1.25 bits per heavy atom. The molecule has 132 valence electrons. The normalized spacial score (nSPS) is 23.8. The number of thioether (sulfide) groups is 1. The molecule has 0 aliphatic heterocycles. The van der Waals surface area contributed by atoms with Crippen molar-refractivity contribution < 1.29 is 19.4 Å². The first kappa shape index (κ1) is 18.8. The third-order valence-electron chi connectivity index (χ3n) is 3.77. The van der Waals surface area contributed by atoms with Crippen LogP contribution in [0.1, 0.15) is 44.0 Å². The fourth-order valence-electron chi connectivity index (χ4n) is 2.69. The number of ether oxygens (including phenoxy) is 1. The number of carbonyl (C=O) groups excluding carboxylic acids is 2. The van der Waals surface area contributed by atoms with Gasteiger partial charge in [0.05, 0.1) is 6.10 Å². The average molecular weight is 351 g/mol. The third kappa shape index (κ3) is 5.83. The molecule has 0 aromatic heterocycles. The fraction of sp³-hybridized carbons (Fsp3) is 0.556. The summed E-state index contributed by atoms with van der Waals surface area (Å²) < 4.78 is 5.20. The SMILES string of the molecule is CC(C)(C)OC(=O)NCC1C[C@H](SC(=O)c2ccccc2)[C@@H](O)C1. The van der Waals surface area contributed by atoms with Crippen LogP contribution in [0, 0.1) is 5.92 Å². The Hall–Kier alpha value is -1.53. The first-order chi connectivity index (χ1) is 11.2. The Bertz CT molecular complexity index is 570. The molecule has 6 heteroatoms. The molecule has 3 atom stereocenters. The van der Waals surface area contributed by atoms with Crippen molar-refractivity contribution in [3.8, 4) is 0 Å². The van der Waals surface area contributed by atoms with Crippen molar-refractivity contribution in [3.63, 3.8) is 0 Å². The first-order valence-corrected chi connectivity index (χ1v) is 9.03. The molecule has 0 heterocycles. The van der Waals surface area contributed by atoms with E-state index in [0.29, 0.717) is 24.9 Å². The zero-order valence-electron chi connectivity index (χ0n) is 14.3. The van der Waals surface area contributed by atoms with E-state index in [2.05, 4.69) is 5.32 Å². The highest BCUT2D eigenvalue weighted by molar-refractivity contribution is 8.14. The average Bonchev–Trinajstić information content (AvgIpc) is 2.84. The maximum Gasteiger partial charge on any atom is 0.407 e. The van der Waals surface area contributed by atoms with Crippen LogP contribution in [0.2, 0.25) is 0 Å². The second kappa shape index (κ2) is 8.03. The van der Waals surface area contributed by atoms with Crippen LogP contribution in [0.25, 0.3) is 0 Å². The summed E-state index contributed by atoms with van der Waals surface area (Å²) in [4.78, 5) is 23.9. The first-order valence-electron chi connectivity index (χ1n) is 8.15. The Labute approximate surface area is 147 Å². The van der Waals surface area contributed by atoms with Crippen LogP contribution < -0.4 is 5.32 Å². The third-order valence-corrected chi connectivity index (χ3v) is 5.03. The molecule has 24 heavy (non-hydrogen) atoms. The van der Waals surface area contributed by atoms with E-state index in [1.807, 2.05) is 39.0 Å². The highest BCUT2D eigenvalue weighted by Gasteiger charge is 2.35. The van der Waals surface area contributed by atoms with E-state index in [1.54, 1.807) is 12.1 Å². The summed E-state index contributed by atoms with van der Waals surface area (Å²) in [5.41, 5.74) is 0.116. The van der Waals surface area contributed by atoms with Gasteiger partial charge in [-0.3, -0.25) is 4.79 Å². The van der Waals surface area contributed by atoms with Crippen molar-refractivity contribution in [1.82, 2.24) is 5.32 Å². The Kier molecular flexibility index (Phi) is 6.29. The molecule has 0 spiro atoms. The van der Waals surface area contributed by atoms with Gasteiger partial charge >= 0.3 is 6.09 Å². The summed E-state index contributed by atoms with van der Waals surface area (Å²) in [5.74, 6) is 0.147. The van der Waals surface area contributed by atoms with Crippen LogP contribution in [0.5, 0.6) is 0 Å². The number of aliphatic hydroxyl groups excluding tert-OH is 1. The van der Waals surface area contributed by atoms with Crippen molar-refractivity contribution in [2.75, 3.05) is 6.54 Å². The minimum absolute atomic E-state index is 0.0274. The summed E-state index contributed by atoms with van der Waals surface area (Å²) in [6, 6.07) is 9.07. The minimum Gasteiger partial charge on any atom is -0.444 e. The number of benzene rings is 1. The number of rotatable bonds is 4. The monoisotopic (exact) mass is 351 g/mol. The van der Waals surface area contributed by atoms with Gasteiger partial charge in [0, 0.05) is 17.4 Å². The standard InChI is InChI=1S/C18H25NO4S/c1-18(2,3)23-17(22)19-11-12-9-14(20)15(10-12)24-16(21)13-7-5-4-6-8-13/h4-8,12,14-15,20H,9-11H2,1-3H3,(H,19,22)/t12?,14-,15-/m0/s1. The predicted molar refractivity (Wildman–Crippen MR) is 95.1 cm³/mol. The van der Waals surface area contributed by atoms with Gasteiger partial charge in [-0.25, -0.2) is 4.79 Å². The van der Waals surface area contributed by atoms with Crippen molar-refractivity contribution in [1.29, 1.82) is 0 Å². The van der Waals surface area contributed by atoms with Crippen LogP contribution >= 0.6 is 11.8 Å². The summed E-state index contributed by atoms with van der Waals surface area (Å²) in [5, 5.41) is 12.8. The van der Waals surface area contributed by atoms with E-state index in [-0.39, 0.29) is 16.3 Å². The van der Waals surface area contributed by atoms with Crippen molar-refractivity contribution in [3.05, 3.63) is 35.9 Å². The Morgan fingerprint density at radius 3 is 2.54 bits per heavy atom. The van der Waals surface area contributed by atoms with E-state index in [4.69, 9.17) is 4.74 Å². The molecule has 2 rings (SSSR count). The number of aliphatic hydroxyl groups is 1. The number of hydrogen-bond acceptors (Lipinski definition) is 5. The molecule has 0 radical (unpaired) electrons. The number of nitrogens with one attached hydrogen (secondary N) is 1. The molecular formula is C18H25NO4S. The molecular weight excluding hydrogens is 326 g/mol. The topological polar surface area (TPSA) is 75.6 Å². The van der Waals surface area contributed by atoms with Gasteiger partial charge in [-0.1, -0.05) is 42.1 Å². The zero-order valence-corrected chi connectivity index (χ0v) is 15.1. The van der Waals surface area contributed by atoms with Crippen LogP contribution in [0.4, 0.5) is 4.79 Å². The van der Waals surface area contributed by atoms with Crippen LogP contribution in [-0.4, -0.2) is 39.8 Å². The highest BCUT2D eigenvalue weighted by Crippen LogP contribution is 2.35. The number of amides is 1. The largest absolute Gasteiger partial charge is 0.444 e. The summed E-state index contributed by atoms with van der Waals surface area (Å²) in [7, 11) is 0. The van der Waals surface area contributed by atoms with Gasteiger partial charge in [-0.2, -0.15) is 0 Å². The molecule has 0 bridgehead atoms. The molecule has 1 aliphatic rings. The molecule has 1 fully saturated rings. The summed E-state index contributed by atoms with van der Waals surface area (Å²) >= 11 is 1.18. The van der Waals surface area contributed by atoms with E-state index in [9.17, 15) is 14.7 Å². The van der Waals surface area contributed by atoms with Gasteiger partial charge in [0.1, 0.15) is 5.60 Å². The molecule has 1 aromatic rings. The van der Waals surface area contributed by atoms with Gasteiger partial charge in [0.15, 0.2) is 0 Å². The van der Waals surface area contributed by atoms with Gasteiger partial charge in [-0.15, -0.1) is 0 Å². The lowest BCUT2D eigenvalue weighted by Crippen LogP contribution is -2.35. The lowest BCUT2D eigenvalue weighted by molar-refractivity contribution is 0.0517. The smallest absolute Gasteiger partial charge is 0.407 e. The van der Waals surface area contributed by atoms with Crippen molar-refractivity contribution in [2.24, 2.45) is 5.92 Å². The predicted octanol–water partition coefficient (Wildman–Crippen LogP) is 3.22. The molecule has 5 nitrogen and oxygen atoms in total. The molecule has 1 saturated carbocycles. The van der Waals surface area contributed by atoms with Gasteiger partial charge in [0.2, 0.25) is 5.12 Å². The highest BCUT2D eigenvalue weighted by atomic mass is 32.2. The zero-order chi connectivity index (χ0) is 17.7. The minimum atomic E-state index is -0.534. The number of hydrogen-bond donors (Lipinski definition) is 2. The van der Waals surface area contributed by atoms with Crippen molar-refractivity contribution in [2.45, 2.75) is 50.6 Å². The van der Waals surface area contributed by atoms with E-state index >= 15 is 0 Å². The fourth-order valence-corrected chi connectivity index (χ4v) is 3.87. The van der Waals surface area contributed by atoms with Gasteiger partial charge in [0.25, 0.3) is 0 Å². The molecule has 1 aromatic carbocycles. The number of alkyl carbamates (subject to hydrolysis) is 1. The lowest BCUT2D eigenvalue weighted by Gasteiger charge is -2.20. The molecule has 1 unspecified atom stereocenters. The maximum absolute atomic E-state index is 12.2. The Balaban J connectivity index is 1.80. The molecule has 0 saturated heterocycles. The van der Waals surface area contributed by atoms with Crippen LogP contribution in [0.15, 0.2) is 30.3 Å². The van der Waals surface area contributed by atoms with E-state index in [0.717, 1.165) is 0 Å². The van der Waals surface area contributed by atoms with Crippen molar-refractivity contribution >= 4 is 23.0 Å². The maximum atomic E-state index is 12.2. The quantitative estimate of drug-likeness (QED) is 0.871. The summed E-state index contributed by atoms with van der Waals surface area (Å²) in [6.07, 6.45) is 0.289. The second-order valence-corrected chi connectivity index (χ2v) is 8.31. The van der Waals surface area contributed by atoms with Crippen LogP contribution in [-0.2, 0) is 4.74 Å². The lowest BCUT2D eigenvalue weighted by atomic mass is 10.1. The second-order valence-electron chi connectivity index (χ2n) is 7.10. The molecule has 2 N–H and O–H groups in total. The van der Waals surface area contributed by atoms with Gasteiger partial charge < -0.3 is 15.2 Å². The van der Waals surface area contributed by atoms with Crippen LogP contribution in [0.3, 0.4) is 0 Å². The van der Waals surface area contributed by atoms with E-state index < -0.39 is 17.8 Å². The van der Waals surface area contributed by atoms with E-state index in [1.165, 1.54) is 11.8 Å². The van der Waals surface area contributed by atoms with Gasteiger partial charge in [-0.05, 0) is 39.5 Å². The summed E-state index contributed by atoms with van der Waals surface area (Å²) in [6.45, 7) is 5.89.